The third-order valence-corrected chi connectivity index (χ3v) is 3.73. The van der Waals surface area contributed by atoms with Crippen LogP contribution in [-0.2, 0) is 9.53 Å². The summed E-state index contributed by atoms with van der Waals surface area (Å²) in [4.78, 5) is 11.9. The summed E-state index contributed by atoms with van der Waals surface area (Å²) in [5.41, 5.74) is 1.02. The Balaban J connectivity index is 2.00. The molecule has 5 nitrogen and oxygen atoms in total. The molecule has 1 aliphatic rings. The van der Waals surface area contributed by atoms with Crippen molar-refractivity contribution < 1.29 is 19.0 Å². The van der Waals surface area contributed by atoms with Crippen LogP contribution in [0.1, 0.15) is 23.5 Å². The molecule has 116 valence electrons. The summed E-state index contributed by atoms with van der Waals surface area (Å²) in [6, 6.07) is 14.6. The Morgan fingerprint density at radius 3 is 2.78 bits per heavy atom. The van der Waals surface area contributed by atoms with Gasteiger partial charge in [-0.25, -0.2) is 0 Å². The number of fused-ring (bicyclic) bond motifs is 1. The van der Waals surface area contributed by atoms with Gasteiger partial charge in [-0.2, -0.15) is 5.26 Å². The van der Waals surface area contributed by atoms with E-state index < -0.39 is 5.92 Å². The fraction of sp³-hybridized carbons (Fsp3) is 0.222. The molecule has 1 heterocycles. The Morgan fingerprint density at radius 2 is 2.09 bits per heavy atom. The number of nitrogens with zero attached hydrogens (tertiary/aromatic N) is 1. The van der Waals surface area contributed by atoms with E-state index in [1.54, 1.807) is 24.3 Å². The zero-order chi connectivity index (χ0) is 16.2. The Kier molecular flexibility index (Phi) is 4.15. The van der Waals surface area contributed by atoms with Gasteiger partial charge < -0.3 is 14.2 Å². The van der Waals surface area contributed by atoms with Gasteiger partial charge in [0.1, 0.15) is 23.3 Å². The van der Waals surface area contributed by atoms with Gasteiger partial charge in [0.25, 0.3) is 0 Å². The fourth-order valence-corrected chi connectivity index (χ4v) is 2.59. The van der Waals surface area contributed by atoms with E-state index >= 15 is 0 Å². The first kappa shape index (κ1) is 14.9. The molecular weight excluding hydrogens is 294 g/mol. The van der Waals surface area contributed by atoms with Gasteiger partial charge in [0, 0.05) is 11.6 Å². The number of methoxy groups -OCH3 is 1. The van der Waals surface area contributed by atoms with Crippen LogP contribution < -0.4 is 9.47 Å². The maximum Gasteiger partial charge on any atom is 0.313 e. The SMILES string of the molecule is COC(=O)C1CCOc2cc(Oc3ccccc3)c(C#N)cc21. The van der Waals surface area contributed by atoms with E-state index in [9.17, 15) is 10.1 Å². The number of nitriles is 1. The number of rotatable bonds is 3. The van der Waals surface area contributed by atoms with Crippen molar-refractivity contribution in [2.24, 2.45) is 0 Å². The Bertz CT molecular complexity index is 765. The lowest BCUT2D eigenvalue weighted by Gasteiger charge is -2.25. The van der Waals surface area contributed by atoms with Gasteiger partial charge in [0.2, 0.25) is 0 Å². The lowest BCUT2D eigenvalue weighted by molar-refractivity contribution is -0.143. The second kappa shape index (κ2) is 6.41. The highest BCUT2D eigenvalue weighted by atomic mass is 16.5. The molecule has 5 heteroatoms. The van der Waals surface area contributed by atoms with Gasteiger partial charge in [0.05, 0.1) is 25.2 Å². The summed E-state index contributed by atoms with van der Waals surface area (Å²) in [5, 5.41) is 9.39. The van der Waals surface area contributed by atoms with E-state index in [0.29, 0.717) is 41.4 Å². The molecule has 2 aromatic carbocycles. The molecule has 0 aromatic heterocycles. The van der Waals surface area contributed by atoms with Gasteiger partial charge in [-0.1, -0.05) is 18.2 Å². The van der Waals surface area contributed by atoms with Crippen LogP contribution in [0, 0.1) is 11.3 Å². The van der Waals surface area contributed by atoms with Crippen molar-refractivity contribution in [3.8, 4) is 23.3 Å². The summed E-state index contributed by atoms with van der Waals surface area (Å²) >= 11 is 0. The molecule has 0 radical (unpaired) electrons. The highest BCUT2D eigenvalue weighted by Crippen LogP contribution is 2.40. The topological polar surface area (TPSA) is 68.6 Å². The maximum atomic E-state index is 11.9. The number of benzene rings is 2. The lowest BCUT2D eigenvalue weighted by atomic mass is 9.91. The molecule has 0 N–H and O–H groups in total. The van der Waals surface area contributed by atoms with E-state index in [4.69, 9.17) is 14.2 Å². The minimum Gasteiger partial charge on any atom is -0.493 e. The number of esters is 1. The highest BCUT2D eigenvalue weighted by molar-refractivity contribution is 5.80. The Hall–Kier alpha value is -3.00. The van der Waals surface area contributed by atoms with E-state index in [0.717, 1.165) is 0 Å². The average Bonchev–Trinajstić information content (AvgIpc) is 2.60. The first-order chi connectivity index (χ1) is 11.2. The van der Waals surface area contributed by atoms with Crippen LogP contribution in [0.15, 0.2) is 42.5 Å². The molecule has 1 unspecified atom stereocenters. The summed E-state index contributed by atoms with van der Waals surface area (Å²) in [7, 11) is 1.36. The van der Waals surface area contributed by atoms with Crippen LogP contribution in [0.3, 0.4) is 0 Å². The number of carbonyl (C=O) groups excluding carboxylic acids is 1. The zero-order valence-corrected chi connectivity index (χ0v) is 12.6. The quantitative estimate of drug-likeness (QED) is 0.813. The van der Waals surface area contributed by atoms with E-state index in [1.807, 2.05) is 18.2 Å². The molecule has 0 saturated carbocycles. The molecule has 2 aromatic rings. The molecule has 0 aliphatic carbocycles. The lowest BCUT2D eigenvalue weighted by Crippen LogP contribution is -2.22. The molecule has 0 fully saturated rings. The van der Waals surface area contributed by atoms with Crippen LogP contribution >= 0.6 is 0 Å². The molecule has 0 saturated heterocycles. The molecule has 0 amide bonds. The number of hydrogen-bond acceptors (Lipinski definition) is 5. The largest absolute Gasteiger partial charge is 0.493 e. The first-order valence-electron chi connectivity index (χ1n) is 7.24. The summed E-state index contributed by atoms with van der Waals surface area (Å²) in [6.07, 6.45) is 0.531. The van der Waals surface area contributed by atoms with E-state index in [1.165, 1.54) is 7.11 Å². The second-order valence-electron chi connectivity index (χ2n) is 5.13. The maximum absolute atomic E-state index is 11.9. The van der Waals surface area contributed by atoms with Crippen molar-refractivity contribution in [1.29, 1.82) is 5.26 Å². The van der Waals surface area contributed by atoms with Gasteiger partial charge in [-0.15, -0.1) is 0 Å². The van der Waals surface area contributed by atoms with Crippen LogP contribution in [-0.4, -0.2) is 19.7 Å². The van der Waals surface area contributed by atoms with Gasteiger partial charge >= 0.3 is 5.97 Å². The van der Waals surface area contributed by atoms with Crippen molar-refractivity contribution in [3.05, 3.63) is 53.6 Å². The fourth-order valence-electron chi connectivity index (χ4n) is 2.59. The minimum absolute atomic E-state index is 0.324. The van der Waals surface area contributed by atoms with Crippen molar-refractivity contribution in [2.45, 2.75) is 12.3 Å². The standard InChI is InChI=1S/C18H15NO4/c1-21-18(20)14-7-8-22-17-10-16(12(11-19)9-15(14)17)23-13-5-3-2-4-6-13/h2-6,9-10,14H,7-8H2,1H3. The average molecular weight is 309 g/mol. The van der Waals surface area contributed by atoms with E-state index in [-0.39, 0.29) is 5.97 Å². The van der Waals surface area contributed by atoms with Crippen molar-refractivity contribution >= 4 is 5.97 Å². The van der Waals surface area contributed by atoms with Crippen LogP contribution in [0.4, 0.5) is 0 Å². The highest BCUT2D eigenvalue weighted by Gasteiger charge is 2.30. The molecule has 1 atom stereocenters. The molecule has 0 spiro atoms. The van der Waals surface area contributed by atoms with Crippen molar-refractivity contribution in [2.75, 3.05) is 13.7 Å². The van der Waals surface area contributed by atoms with Crippen molar-refractivity contribution in [3.63, 3.8) is 0 Å². The smallest absolute Gasteiger partial charge is 0.313 e. The summed E-state index contributed by atoms with van der Waals surface area (Å²) < 4.78 is 16.2. The van der Waals surface area contributed by atoms with E-state index in [2.05, 4.69) is 6.07 Å². The molecule has 3 rings (SSSR count). The number of ether oxygens (including phenoxy) is 3. The normalized spacial score (nSPS) is 15.7. The summed E-state index contributed by atoms with van der Waals surface area (Å²) in [5.74, 6) is 0.848. The zero-order valence-electron chi connectivity index (χ0n) is 12.6. The molecular formula is C18H15NO4. The minimum atomic E-state index is -0.415. The van der Waals surface area contributed by atoms with Gasteiger partial charge in [0.15, 0.2) is 0 Å². The number of para-hydroxylation sites is 1. The Morgan fingerprint density at radius 1 is 1.30 bits per heavy atom. The third kappa shape index (κ3) is 2.97. The molecule has 23 heavy (non-hydrogen) atoms. The monoisotopic (exact) mass is 309 g/mol. The van der Waals surface area contributed by atoms with Crippen LogP contribution in [0.2, 0.25) is 0 Å². The third-order valence-electron chi connectivity index (χ3n) is 3.73. The Labute approximate surface area is 134 Å². The van der Waals surface area contributed by atoms with Crippen LogP contribution in [0.5, 0.6) is 17.2 Å². The number of hydrogen-bond donors (Lipinski definition) is 0. The van der Waals surface area contributed by atoms with Gasteiger partial charge in [-0.05, 0) is 24.6 Å². The molecule has 1 aliphatic heterocycles. The predicted octanol–water partition coefficient (Wildman–Crippen LogP) is 3.39. The van der Waals surface area contributed by atoms with Crippen molar-refractivity contribution in [1.82, 2.24) is 0 Å². The first-order valence-corrected chi connectivity index (χ1v) is 7.24. The number of carbonyl (C=O) groups is 1. The van der Waals surface area contributed by atoms with Gasteiger partial charge in [-0.3, -0.25) is 4.79 Å². The second-order valence-corrected chi connectivity index (χ2v) is 5.13. The predicted molar refractivity (Wildman–Crippen MR) is 82.5 cm³/mol. The van der Waals surface area contributed by atoms with Crippen LogP contribution in [0.25, 0.3) is 0 Å². The molecule has 0 bridgehead atoms. The summed E-state index contributed by atoms with van der Waals surface area (Å²) in [6.45, 7) is 0.420.